The fourth-order valence-electron chi connectivity index (χ4n) is 3.17. The number of amides is 3. The average molecular weight is 459 g/mol. The zero-order chi connectivity index (χ0) is 24.3. The number of hydrogen-bond donors (Lipinski definition) is 2. The van der Waals surface area contributed by atoms with E-state index in [4.69, 9.17) is 0 Å². The van der Waals surface area contributed by atoms with Crippen molar-refractivity contribution in [3.63, 3.8) is 0 Å². The van der Waals surface area contributed by atoms with Crippen LogP contribution < -0.4 is 15.5 Å². The Morgan fingerprint density at radius 3 is 2.29 bits per heavy atom. The fourth-order valence-corrected chi connectivity index (χ4v) is 3.17. The number of carbonyl (C=O) groups excluding carboxylic acids is 2. The normalized spacial score (nSPS) is 10.6. The lowest BCUT2D eigenvalue weighted by atomic mass is 10.2. The molecule has 34 heavy (non-hydrogen) atoms. The molecule has 0 saturated heterocycles. The summed E-state index contributed by atoms with van der Waals surface area (Å²) in [7, 11) is 0. The molecule has 3 rings (SSSR count). The zero-order valence-electron chi connectivity index (χ0n) is 18.8. The van der Waals surface area contributed by atoms with Gasteiger partial charge in [-0.3, -0.25) is 19.8 Å². The molecule has 0 fully saturated rings. The Hall–Kier alpha value is -4.46. The molecular weight excluding hydrogens is 432 g/mol. The van der Waals surface area contributed by atoms with Crippen LogP contribution in [0.15, 0.2) is 84.9 Å². The van der Waals surface area contributed by atoms with Gasteiger partial charge in [0, 0.05) is 42.7 Å². The van der Waals surface area contributed by atoms with Crippen LogP contribution in [0, 0.1) is 17.0 Å². The molecule has 2 N–H and O–H groups in total. The zero-order valence-corrected chi connectivity index (χ0v) is 18.8. The van der Waals surface area contributed by atoms with Gasteiger partial charge in [-0.2, -0.15) is 0 Å². The monoisotopic (exact) mass is 458 g/mol. The quantitative estimate of drug-likeness (QED) is 0.200. The smallest absolute Gasteiger partial charge is 0.326 e. The molecule has 174 valence electrons. The molecule has 8 heteroatoms. The summed E-state index contributed by atoms with van der Waals surface area (Å²) in [6.45, 7) is 2.77. The summed E-state index contributed by atoms with van der Waals surface area (Å²) >= 11 is 0. The number of rotatable bonds is 9. The number of nitro groups is 1. The molecular formula is C26H26N4O4. The highest BCUT2D eigenvalue weighted by molar-refractivity contribution is 6.01. The predicted molar refractivity (Wildman–Crippen MR) is 134 cm³/mol. The summed E-state index contributed by atoms with van der Waals surface area (Å²) < 4.78 is 0. The molecule has 0 spiro atoms. The summed E-state index contributed by atoms with van der Waals surface area (Å²) in [4.78, 5) is 36.9. The highest BCUT2D eigenvalue weighted by Gasteiger charge is 2.15. The maximum Gasteiger partial charge on any atom is 0.326 e. The number of nitro benzene ring substituents is 1. The number of urea groups is 1. The lowest BCUT2D eigenvalue weighted by Gasteiger charge is -2.23. The standard InChI is InChI=1S/C26H26N4O4/c1-20-8-13-22(14-9-20)28-26(32)29(23-6-3-2-4-7-23)19-5-18-27-25(31)17-12-21-10-15-24(16-11-21)30(33)34/h2-4,6-17H,5,18-19H2,1H3,(H,27,31)(H,28,32)/b17-12+. The van der Waals surface area contributed by atoms with E-state index in [1.807, 2.05) is 61.5 Å². The van der Waals surface area contributed by atoms with E-state index in [1.165, 1.54) is 18.2 Å². The fraction of sp³-hybridized carbons (Fsp3) is 0.154. The molecule has 0 atom stereocenters. The van der Waals surface area contributed by atoms with Crippen molar-refractivity contribution in [1.29, 1.82) is 0 Å². The molecule has 0 radical (unpaired) electrons. The van der Waals surface area contributed by atoms with E-state index in [1.54, 1.807) is 23.1 Å². The van der Waals surface area contributed by atoms with Gasteiger partial charge >= 0.3 is 6.03 Å². The van der Waals surface area contributed by atoms with Crippen molar-refractivity contribution in [1.82, 2.24) is 5.32 Å². The van der Waals surface area contributed by atoms with Gasteiger partial charge in [-0.1, -0.05) is 35.9 Å². The van der Waals surface area contributed by atoms with Crippen LogP contribution in [0.1, 0.15) is 17.5 Å². The molecule has 0 aliphatic heterocycles. The van der Waals surface area contributed by atoms with Gasteiger partial charge in [0.2, 0.25) is 5.91 Å². The van der Waals surface area contributed by atoms with Gasteiger partial charge in [0.25, 0.3) is 5.69 Å². The topological polar surface area (TPSA) is 105 Å². The van der Waals surface area contributed by atoms with Crippen molar-refractivity contribution >= 4 is 35.1 Å². The summed E-state index contributed by atoms with van der Waals surface area (Å²) in [6, 6.07) is 22.6. The van der Waals surface area contributed by atoms with Crippen molar-refractivity contribution in [2.45, 2.75) is 13.3 Å². The third-order valence-electron chi connectivity index (χ3n) is 5.00. The summed E-state index contributed by atoms with van der Waals surface area (Å²) in [5, 5.41) is 16.4. The minimum Gasteiger partial charge on any atom is -0.352 e. The number of non-ortho nitro benzene ring substituents is 1. The number of carbonyl (C=O) groups is 2. The maximum atomic E-state index is 12.9. The average Bonchev–Trinajstić information content (AvgIpc) is 2.85. The highest BCUT2D eigenvalue weighted by atomic mass is 16.6. The van der Waals surface area contributed by atoms with Gasteiger partial charge in [0.1, 0.15) is 0 Å². The minimum absolute atomic E-state index is 0.00372. The van der Waals surface area contributed by atoms with Gasteiger partial charge in [-0.25, -0.2) is 4.79 Å². The lowest BCUT2D eigenvalue weighted by molar-refractivity contribution is -0.384. The van der Waals surface area contributed by atoms with E-state index in [-0.39, 0.29) is 17.6 Å². The van der Waals surface area contributed by atoms with Gasteiger partial charge in [0.15, 0.2) is 0 Å². The molecule has 0 saturated carbocycles. The van der Waals surface area contributed by atoms with Crippen LogP contribution in [-0.4, -0.2) is 30.0 Å². The Kier molecular flexibility index (Phi) is 8.51. The molecule has 3 aromatic carbocycles. The Labute approximate surface area is 198 Å². The summed E-state index contributed by atoms with van der Waals surface area (Å²) in [6.07, 6.45) is 3.51. The van der Waals surface area contributed by atoms with E-state index < -0.39 is 4.92 Å². The third-order valence-corrected chi connectivity index (χ3v) is 5.00. The number of nitrogens with one attached hydrogen (secondary N) is 2. The largest absolute Gasteiger partial charge is 0.352 e. The van der Waals surface area contributed by atoms with Crippen LogP contribution in [0.4, 0.5) is 21.9 Å². The number of aryl methyl sites for hydroxylation is 1. The number of nitrogens with zero attached hydrogens (tertiary/aromatic N) is 2. The SMILES string of the molecule is Cc1ccc(NC(=O)N(CCCNC(=O)/C=C/c2ccc([N+](=O)[O-])cc2)c2ccccc2)cc1. The molecule has 3 amide bonds. The summed E-state index contributed by atoms with van der Waals surface area (Å²) in [5.41, 5.74) is 3.26. The van der Waals surface area contributed by atoms with Crippen molar-refractivity contribution in [3.05, 3.63) is 106 Å². The third kappa shape index (κ3) is 7.30. The van der Waals surface area contributed by atoms with Crippen molar-refractivity contribution in [2.75, 3.05) is 23.3 Å². The Bertz CT molecular complexity index is 1140. The molecule has 0 unspecified atom stereocenters. The van der Waals surface area contributed by atoms with Crippen LogP contribution in [-0.2, 0) is 4.79 Å². The van der Waals surface area contributed by atoms with Crippen LogP contribution in [0.3, 0.4) is 0 Å². The van der Waals surface area contributed by atoms with Crippen LogP contribution in [0.5, 0.6) is 0 Å². The van der Waals surface area contributed by atoms with Crippen LogP contribution in [0.25, 0.3) is 6.08 Å². The first-order valence-corrected chi connectivity index (χ1v) is 10.8. The van der Waals surface area contributed by atoms with Crippen LogP contribution in [0.2, 0.25) is 0 Å². The number of benzene rings is 3. The maximum absolute atomic E-state index is 12.9. The molecule has 0 aromatic heterocycles. The number of para-hydroxylation sites is 1. The summed E-state index contributed by atoms with van der Waals surface area (Å²) in [5.74, 6) is -0.284. The molecule has 8 nitrogen and oxygen atoms in total. The lowest BCUT2D eigenvalue weighted by Crippen LogP contribution is -2.37. The number of anilines is 2. The Morgan fingerprint density at radius 2 is 1.65 bits per heavy atom. The molecule has 0 aliphatic rings. The van der Waals surface area contributed by atoms with Gasteiger partial charge in [-0.15, -0.1) is 0 Å². The first kappa shape index (κ1) is 24.2. The Morgan fingerprint density at radius 1 is 0.971 bits per heavy atom. The van der Waals surface area contributed by atoms with E-state index in [2.05, 4.69) is 10.6 Å². The van der Waals surface area contributed by atoms with Gasteiger partial charge in [0.05, 0.1) is 4.92 Å². The second-order valence-electron chi connectivity index (χ2n) is 7.61. The van der Waals surface area contributed by atoms with E-state index in [0.717, 1.165) is 11.3 Å². The van der Waals surface area contributed by atoms with Crippen molar-refractivity contribution < 1.29 is 14.5 Å². The van der Waals surface area contributed by atoms with Gasteiger partial charge in [-0.05, 0) is 61.4 Å². The molecule has 0 bridgehead atoms. The van der Waals surface area contributed by atoms with Gasteiger partial charge < -0.3 is 10.6 Å². The molecule has 0 heterocycles. The van der Waals surface area contributed by atoms with E-state index >= 15 is 0 Å². The first-order chi connectivity index (χ1) is 16.4. The van der Waals surface area contributed by atoms with Crippen LogP contribution >= 0.6 is 0 Å². The molecule has 0 aliphatic carbocycles. The number of hydrogen-bond acceptors (Lipinski definition) is 4. The minimum atomic E-state index is -0.472. The second-order valence-corrected chi connectivity index (χ2v) is 7.61. The van der Waals surface area contributed by atoms with E-state index in [0.29, 0.717) is 30.8 Å². The molecule has 3 aromatic rings. The highest BCUT2D eigenvalue weighted by Crippen LogP contribution is 2.17. The predicted octanol–water partition coefficient (Wildman–Crippen LogP) is 5.16. The Balaban J connectivity index is 1.52. The second kappa shape index (κ2) is 12.0. The van der Waals surface area contributed by atoms with Crippen molar-refractivity contribution in [2.24, 2.45) is 0 Å². The van der Waals surface area contributed by atoms with E-state index in [9.17, 15) is 19.7 Å². The first-order valence-electron chi connectivity index (χ1n) is 10.8. The van der Waals surface area contributed by atoms with Crippen molar-refractivity contribution in [3.8, 4) is 0 Å².